The number of fused-ring (bicyclic) bond motifs is 20. The number of aromatic nitrogens is 1. The van der Waals surface area contributed by atoms with Gasteiger partial charge < -0.3 is 9.47 Å². The smallest absolute Gasteiger partial charge is 0.0726 e. The Morgan fingerprint density at radius 3 is 1.31 bits per heavy atom. The van der Waals surface area contributed by atoms with Gasteiger partial charge in [-0.1, -0.05) is 206 Å². The molecular weight excluding hydrogens is 905 g/mol. The van der Waals surface area contributed by atoms with Crippen molar-refractivity contribution in [3.63, 3.8) is 0 Å². The first-order valence-electron chi connectivity index (χ1n) is 26.2. The van der Waals surface area contributed by atoms with Gasteiger partial charge in [0.15, 0.2) is 0 Å². The molecule has 346 valence electrons. The van der Waals surface area contributed by atoms with Crippen LogP contribution < -0.4 is 4.90 Å². The largest absolute Gasteiger partial charge is 0.310 e. The Bertz CT molecular complexity index is 4570. The Morgan fingerprint density at radius 1 is 0.253 bits per heavy atom. The van der Waals surface area contributed by atoms with Crippen LogP contribution in [-0.4, -0.2) is 4.57 Å². The second-order valence-corrected chi connectivity index (χ2v) is 20.7. The number of rotatable bonds is 4. The number of hydrogen-bond donors (Lipinski definition) is 0. The highest BCUT2D eigenvalue weighted by atomic mass is 15.1. The second-order valence-electron chi connectivity index (χ2n) is 20.7. The molecule has 0 saturated heterocycles. The molecule has 1 aromatic heterocycles. The molecule has 0 unspecified atom stereocenters. The fourth-order valence-electron chi connectivity index (χ4n) is 14.1. The maximum atomic E-state index is 2.54. The zero-order valence-corrected chi connectivity index (χ0v) is 40.8. The van der Waals surface area contributed by atoms with Crippen molar-refractivity contribution in [3.05, 3.63) is 311 Å². The average Bonchev–Trinajstić information content (AvgIpc) is 4.40. The molecule has 4 aliphatic carbocycles. The van der Waals surface area contributed by atoms with Crippen molar-refractivity contribution in [1.82, 2.24) is 4.57 Å². The summed E-state index contributed by atoms with van der Waals surface area (Å²) in [5.74, 6) is 0. The van der Waals surface area contributed by atoms with E-state index in [4.69, 9.17) is 0 Å². The summed E-state index contributed by atoms with van der Waals surface area (Å²) in [6.45, 7) is 0. The molecule has 0 fully saturated rings. The maximum absolute atomic E-state index is 2.54. The van der Waals surface area contributed by atoms with Gasteiger partial charge in [-0.2, -0.15) is 0 Å². The van der Waals surface area contributed by atoms with E-state index in [1.165, 1.54) is 133 Å². The Kier molecular flexibility index (Phi) is 8.24. The van der Waals surface area contributed by atoms with Crippen LogP contribution in [0, 0.1) is 0 Å². The molecular formula is C73H44N2. The third kappa shape index (κ3) is 5.42. The van der Waals surface area contributed by atoms with Crippen molar-refractivity contribution in [1.29, 1.82) is 0 Å². The number of para-hydroxylation sites is 1. The molecule has 0 N–H and O–H groups in total. The Morgan fingerprint density at radius 2 is 0.680 bits per heavy atom. The van der Waals surface area contributed by atoms with Crippen LogP contribution in [0.3, 0.4) is 0 Å². The molecule has 4 aliphatic rings. The molecule has 0 amide bonds. The lowest BCUT2D eigenvalue weighted by Gasteiger charge is -2.32. The summed E-state index contributed by atoms with van der Waals surface area (Å²) in [7, 11) is 0. The van der Waals surface area contributed by atoms with E-state index < -0.39 is 5.41 Å². The van der Waals surface area contributed by atoms with Gasteiger partial charge in [0, 0.05) is 33.5 Å². The number of hydrogen-bond acceptors (Lipinski definition) is 1. The maximum Gasteiger partial charge on any atom is 0.0726 e. The molecule has 1 heterocycles. The third-order valence-corrected chi connectivity index (χ3v) is 17.1. The zero-order chi connectivity index (χ0) is 48.9. The molecule has 2 heteroatoms. The minimum atomic E-state index is -0.488. The van der Waals surface area contributed by atoms with Crippen molar-refractivity contribution in [2.75, 3.05) is 4.90 Å². The quantitative estimate of drug-likeness (QED) is 0.171. The van der Waals surface area contributed by atoms with Crippen LogP contribution in [0.2, 0.25) is 0 Å². The summed E-state index contributed by atoms with van der Waals surface area (Å²) in [6.07, 6.45) is 0. The van der Waals surface area contributed by atoms with Crippen LogP contribution in [-0.2, 0) is 5.41 Å². The van der Waals surface area contributed by atoms with E-state index in [1.807, 2.05) is 0 Å². The van der Waals surface area contributed by atoms with Gasteiger partial charge in [-0.15, -0.1) is 0 Å². The lowest BCUT2D eigenvalue weighted by molar-refractivity contribution is 0.793. The topological polar surface area (TPSA) is 8.17 Å². The van der Waals surface area contributed by atoms with Gasteiger partial charge in [0.2, 0.25) is 0 Å². The van der Waals surface area contributed by atoms with Crippen LogP contribution >= 0.6 is 0 Å². The minimum Gasteiger partial charge on any atom is -0.310 e. The van der Waals surface area contributed by atoms with E-state index in [2.05, 4.69) is 276 Å². The van der Waals surface area contributed by atoms with Gasteiger partial charge in [-0.3, -0.25) is 0 Å². The van der Waals surface area contributed by atoms with Crippen molar-refractivity contribution >= 4 is 60.8 Å². The number of anilines is 3. The van der Waals surface area contributed by atoms with Crippen molar-refractivity contribution in [2.45, 2.75) is 5.41 Å². The zero-order valence-electron chi connectivity index (χ0n) is 40.8. The van der Waals surface area contributed by atoms with Crippen LogP contribution in [0.1, 0.15) is 44.5 Å². The van der Waals surface area contributed by atoms with Crippen LogP contribution in [0.5, 0.6) is 0 Å². The number of nitrogens with zero attached hydrogens (tertiary/aromatic N) is 2. The Labute approximate surface area is 435 Å². The van der Waals surface area contributed by atoms with E-state index in [1.54, 1.807) is 0 Å². The predicted molar refractivity (Wildman–Crippen MR) is 312 cm³/mol. The van der Waals surface area contributed by atoms with Crippen molar-refractivity contribution < 1.29 is 0 Å². The van der Waals surface area contributed by atoms with Gasteiger partial charge in [0.25, 0.3) is 0 Å². The van der Waals surface area contributed by atoms with E-state index in [0.29, 0.717) is 0 Å². The number of benzene rings is 12. The summed E-state index contributed by atoms with van der Waals surface area (Å²) in [4.78, 5) is 2.54. The highest BCUT2D eigenvalue weighted by Crippen LogP contribution is 2.64. The predicted octanol–water partition coefficient (Wildman–Crippen LogP) is 18.7. The first-order valence-corrected chi connectivity index (χ1v) is 26.2. The molecule has 1 spiro atoms. The summed E-state index contributed by atoms with van der Waals surface area (Å²) in [5.41, 5.74) is 29.7. The molecule has 0 atom stereocenters. The Hall–Kier alpha value is -9.76. The first kappa shape index (κ1) is 40.8. The molecule has 75 heavy (non-hydrogen) atoms. The summed E-state index contributed by atoms with van der Waals surface area (Å²) >= 11 is 0. The second kappa shape index (κ2) is 15.1. The normalized spacial score (nSPS) is 13.7. The van der Waals surface area contributed by atoms with Gasteiger partial charge in [-0.25, -0.2) is 0 Å². The molecule has 13 aromatic rings. The minimum absolute atomic E-state index is 0.488. The first-order chi connectivity index (χ1) is 37.2. The molecule has 0 saturated carbocycles. The molecule has 0 aliphatic heterocycles. The van der Waals surface area contributed by atoms with E-state index >= 15 is 0 Å². The molecule has 0 radical (unpaired) electrons. The standard InChI is InChI=1S/C73H44N2/c1-2-18-46-41-47(34-33-45(46)17-1)75-69-32-16-12-25-59(69)63-42-49(37-40-70(63)75)74(50-36-39-58-57-24-11-15-31-67(57)73(68(58)44-50)65-29-13-9-22-55(65)56-23-10-14-30-66(56)73)48-35-38-54-53-21-5-8-28-62(53)72(64(54)43-48)71-60-26-6-3-19-51(60)52-20-4-7-27-61(52)71/h1-44H. The molecule has 2 nitrogen and oxygen atoms in total. The van der Waals surface area contributed by atoms with Gasteiger partial charge >= 0.3 is 0 Å². The third-order valence-electron chi connectivity index (χ3n) is 17.1. The van der Waals surface area contributed by atoms with E-state index in [9.17, 15) is 0 Å². The lowest BCUT2D eigenvalue weighted by atomic mass is 9.70. The lowest BCUT2D eigenvalue weighted by Crippen LogP contribution is -2.26. The van der Waals surface area contributed by atoms with Crippen LogP contribution in [0.25, 0.3) is 93.9 Å². The highest BCUT2D eigenvalue weighted by molar-refractivity contribution is 6.19. The Balaban J connectivity index is 0.941. The SMILES string of the molecule is c1ccc2c(c1)C(=C1c3ccccc3-c3ccc(N(c4ccc5c(c4)C4(c6ccccc6-c6ccccc64)c4ccccc4-5)c4ccc5c(c4)c4ccccc4n5-c4ccc5ccccc5c4)cc31)c1ccccc1-2. The molecule has 17 rings (SSSR count). The van der Waals surface area contributed by atoms with E-state index in [0.717, 1.165) is 22.7 Å². The fraction of sp³-hybridized carbons (Fsp3) is 0.0137. The molecule has 0 bridgehead atoms. The highest BCUT2D eigenvalue weighted by Gasteiger charge is 2.51. The van der Waals surface area contributed by atoms with Crippen molar-refractivity contribution in [3.8, 4) is 50.2 Å². The summed E-state index contributed by atoms with van der Waals surface area (Å²) in [6, 6.07) is 100. The van der Waals surface area contributed by atoms with Crippen LogP contribution in [0.15, 0.2) is 267 Å². The van der Waals surface area contributed by atoms with Gasteiger partial charge in [0.1, 0.15) is 0 Å². The van der Waals surface area contributed by atoms with Gasteiger partial charge in [0.05, 0.1) is 16.4 Å². The summed E-state index contributed by atoms with van der Waals surface area (Å²) in [5, 5.41) is 4.90. The molecule has 12 aromatic carbocycles. The monoisotopic (exact) mass is 948 g/mol. The van der Waals surface area contributed by atoms with E-state index in [-0.39, 0.29) is 0 Å². The van der Waals surface area contributed by atoms with Crippen molar-refractivity contribution in [2.24, 2.45) is 0 Å². The fourth-order valence-corrected chi connectivity index (χ4v) is 14.1. The van der Waals surface area contributed by atoms with Gasteiger partial charge in [-0.05, 0) is 172 Å². The summed E-state index contributed by atoms with van der Waals surface area (Å²) < 4.78 is 2.44. The average molecular weight is 949 g/mol. The van der Waals surface area contributed by atoms with Crippen LogP contribution in [0.4, 0.5) is 17.1 Å².